The van der Waals surface area contributed by atoms with E-state index in [1.807, 2.05) is 9.97 Å². The second-order valence-electron chi connectivity index (χ2n) is 6.63. The van der Waals surface area contributed by atoms with E-state index in [2.05, 4.69) is 13.2 Å². The van der Waals surface area contributed by atoms with Gasteiger partial charge in [0.05, 0.1) is 5.60 Å². The standard InChI is InChI=1S/C18H25N3O8/c1-5-13(22)28-11(3)9-18(27,10-12(4)29-14(23)6-2)7-8-21-16(25)19-15(24)20-17(21)26/h5-6,11-12,27H,1-2,7-10H2,3-4H3,(H2,19,20,24,25,26). The Morgan fingerprint density at radius 3 is 1.83 bits per heavy atom. The number of H-pyrrole nitrogens is 2. The third-order valence-electron chi connectivity index (χ3n) is 4.03. The maximum absolute atomic E-state index is 11.8. The Morgan fingerprint density at radius 1 is 1.03 bits per heavy atom. The van der Waals surface area contributed by atoms with Crippen molar-refractivity contribution in [1.29, 1.82) is 0 Å². The lowest BCUT2D eigenvalue weighted by atomic mass is 9.87. The molecule has 11 heteroatoms. The van der Waals surface area contributed by atoms with Crippen molar-refractivity contribution in [3.05, 3.63) is 56.8 Å². The van der Waals surface area contributed by atoms with Gasteiger partial charge in [0, 0.05) is 31.5 Å². The Balaban J connectivity index is 3.03. The fraction of sp³-hybridized carbons (Fsp3) is 0.500. The predicted molar refractivity (Wildman–Crippen MR) is 102 cm³/mol. The van der Waals surface area contributed by atoms with E-state index in [-0.39, 0.29) is 25.8 Å². The molecule has 0 aromatic carbocycles. The lowest BCUT2D eigenvalue weighted by Crippen LogP contribution is -2.46. The van der Waals surface area contributed by atoms with Crippen molar-refractivity contribution < 1.29 is 24.2 Å². The van der Waals surface area contributed by atoms with E-state index < -0.39 is 46.8 Å². The van der Waals surface area contributed by atoms with Gasteiger partial charge in [-0.1, -0.05) is 13.2 Å². The Hall–Kier alpha value is -3.21. The molecule has 0 aliphatic rings. The van der Waals surface area contributed by atoms with E-state index in [0.717, 1.165) is 12.2 Å². The molecule has 1 rings (SSSR count). The summed E-state index contributed by atoms with van der Waals surface area (Å²) >= 11 is 0. The smallest absolute Gasteiger partial charge is 0.333 e. The zero-order chi connectivity index (χ0) is 22.2. The minimum absolute atomic E-state index is 0.0709. The van der Waals surface area contributed by atoms with Crippen LogP contribution in [0.4, 0.5) is 0 Å². The Kier molecular flexibility index (Phi) is 8.52. The van der Waals surface area contributed by atoms with Gasteiger partial charge >= 0.3 is 29.0 Å². The molecule has 0 saturated heterocycles. The molecule has 3 N–H and O–H groups in total. The largest absolute Gasteiger partial charge is 0.459 e. The summed E-state index contributed by atoms with van der Waals surface area (Å²) in [5.41, 5.74) is -4.39. The highest BCUT2D eigenvalue weighted by atomic mass is 16.5. The second kappa shape index (κ2) is 10.4. The molecule has 0 fully saturated rings. The molecule has 2 unspecified atom stereocenters. The van der Waals surface area contributed by atoms with E-state index in [9.17, 15) is 29.1 Å². The number of aromatic amines is 2. The summed E-state index contributed by atoms with van der Waals surface area (Å²) in [6.07, 6.45) is 0.203. The predicted octanol–water partition coefficient (Wildman–Crippen LogP) is -0.638. The van der Waals surface area contributed by atoms with E-state index in [1.165, 1.54) is 0 Å². The average molecular weight is 411 g/mol. The number of aromatic nitrogens is 3. The van der Waals surface area contributed by atoms with Gasteiger partial charge in [-0.25, -0.2) is 28.5 Å². The van der Waals surface area contributed by atoms with E-state index >= 15 is 0 Å². The van der Waals surface area contributed by atoms with Crippen LogP contribution in [0.2, 0.25) is 0 Å². The third kappa shape index (κ3) is 7.74. The second-order valence-corrected chi connectivity index (χ2v) is 6.63. The van der Waals surface area contributed by atoms with Gasteiger partial charge in [-0.2, -0.15) is 0 Å². The third-order valence-corrected chi connectivity index (χ3v) is 4.03. The molecule has 1 heterocycles. The number of esters is 2. The van der Waals surface area contributed by atoms with E-state index in [0.29, 0.717) is 4.57 Å². The number of hydrogen-bond donors (Lipinski definition) is 3. The van der Waals surface area contributed by atoms with Crippen molar-refractivity contribution >= 4 is 11.9 Å². The number of hydrogen-bond acceptors (Lipinski definition) is 8. The number of aliphatic hydroxyl groups is 1. The van der Waals surface area contributed by atoms with Crippen molar-refractivity contribution in [2.45, 2.75) is 57.5 Å². The molecule has 0 bridgehead atoms. The Morgan fingerprint density at radius 2 is 1.45 bits per heavy atom. The van der Waals surface area contributed by atoms with Gasteiger partial charge in [0.25, 0.3) is 0 Å². The molecule has 1 aromatic rings. The number of carbonyl (C=O) groups is 2. The van der Waals surface area contributed by atoms with Gasteiger partial charge in [-0.3, -0.25) is 9.97 Å². The monoisotopic (exact) mass is 411 g/mol. The van der Waals surface area contributed by atoms with Crippen LogP contribution in [0.15, 0.2) is 39.7 Å². The summed E-state index contributed by atoms with van der Waals surface area (Å²) in [6, 6.07) is 0. The maximum Gasteiger partial charge on any atom is 0.333 e. The summed E-state index contributed by atoms with van der Waals surface area (Å²) in [6.45, 7) is 9.44. The normalized spacial score (nSPS) is 14.9. The van der Waals surface area contributed by atoms with Crippen LogP contribution in [-0.4, -0.2) is 49.4 Å². The first-order valence-corrected chi connectivity index (χ1v) is 8.81. The SMILES string of the molecule is C=CC(=O)OC(C)CC(O)(CCn1c(=O)[nH]c(=O)[nH]c1=O)CC(C)OC(=O)C=C. The molecular weight excluding hydrogens is 386 g/mol. The fourth-order valence-electron chi connectivity index (χ4n) is 2.91. The first-order chi connectivity index (χ1) is 13.5. The van der Waals surface area contributed by atoms with E-state index in [1.54, 1.807) is 13.8 Å². The summed E-state index contributed by atoms with van der Waals surface area (Å²) in [5, 5.41) is 11.1. The zero-order valence-electron chi connectivity index (χ0n) is 16.3. The number of ether oxygens (including phenoxy) is 2. The molecule has 0 spiro atoms. The van der Waals surface area contributed by atoms with Gasteiger partial charge in [0.2, 0.25) is 0 Å². The summed E-state index contributed by atoms with van der Waals surface area (Å²) < 4.78 is 10.9. The maximum atomic E-state index is 11.8. The first-order valence-electron chi connectivity index (χ1n) is 8.81. The molecule has 0 aliphatic carbocycles. The lowest BCUT2D eigenvalue weighted by molar-refractivity contribution is -0.149. The lowest BCUT2D eigenvalue weighted by Gasteiger charge is -2.32. The van der Waals surface area contributed by atoms with Crippen molar-refractivity contribution in [1.82, 2.24) is 14.5 Å². The van der Waals surface area contributed by atoms with Crippen molar-refractivity contribution in [3.8, 4) is 0 Å². The van der Waals surface area contributed by atoms with Crippen LogP contribution < -0.4 is 17.1 Å². The summed E-state index contributed by atoms with van der Waals surface area (Å²) in [4.78, 5) is 61.4. The highest BCUT2D eigenvalue weighted by Gasteiger charge is 2.33. The van der Waals surface area contributed by atoms with Crippen LogP contribution in [0.3, 0.4) is 0 Å². The molecule has 0 radical (unpaired) electrons. The molecular formula is C18H25N3O8. The van der Waals surface area contributed by atoms with Crippen LogP contribution in [0.25, 0.3) is 0 Å². The van der Waals surface area contributed by atoms with Crippen LogP contribution in [0.5, 0.6) is 0 Å². The minimum Gasteiger partial charge on any atom is -0.459 e. The van der Waals surface area contributed by atoms with Crippen molar-refractivity contribution in [3.63, 3.8) is 0 Å². The Labute approximate surface area is 165 Å². The van der Waals surface area contributed by atoms with Gasteiger partial charge in [-0.15, -0.1) is 0 Å². The fourth-order valence-corrected chi connectivity index (χ4v) is 2.91. The first kappa shape index (κ1) is 23.8. The summed E-state index contributed by atoms with van der Waals surface area (Å²) in [7, 11) is 0. The molecule has 29 heavy (non-hydrogen) atoms. The molecule has 160 valence electrons. The van der Waals surface area contributed by atoms with Gasteiger partial charge in [-0.05, 0) is 20.3 Å². The van der Waals surface area contributed by atoms with Crippen molar-refractivity contribution in [2.75, 3.05) is 0 Å². The minimum atomic E-state index is -1.58. The topological polar surface area (TPSA) is 161 Å². The molecule has 11 nitrogen and oxygen atoms in total. The molecule has 0 saturated carbocycles. The zero-order valence-corrected chi connectivity index (χ0v) is 16.3. The van der Waals surface area contributed by atoms with Gasteiger partial charge < -0.3 is 14.6 Å². The molecule has 1 aromatic heterocycles. The molecule has 0 aliphatic heterocycles. The quantitative estimate of drug-likeness (QED) is 0.320. The van der Waals surface area contributed by atoms with E-state index in [4.69, 9.17) is 9.47 Å². The summed E-state index contributed by atoms with van der Waals surface area (Å²) in [5.74, 6) is -1.36. The average Bonchev–Trinajstić information content (AvgIpc) is 2.59. The van der Waals surface area contributed by atoms with Crippen LogP contribution in [0.1, 0.15) is 33.1 Å². The highest BCUT2D eigenvalue weighted by Crippen LogP contribution is 2.26. The number of carbonyl (C=O) groups excluding carboxylic acids is 2. The van der Waals surface area contributed by atoms with Crippen LogP contribution in [0, 0.1) is 0 Å². The van der Waals surface area contributed by atoms with Gasteiger partial charge in [0.15, 0.2) is 0 Å². The molecule has 2 atom stereocenters. The van der Waals surface area contributed by atoms with Crippen molar-refractivity contribution in [2.24, 2.45) is 0 Å². The number of rotatable bonds is 11. The molecule has 0 amide bonds. The highest BCUT2D eigenvalue weighted by molar-refractivity contribution is 5.81. The van der Waals surface area contributed by atoms with Crippen LogP contribution in [-0.2, 0) is 25.6 Å². The van der Waals surface area contributed by atoms with Gasteiger partial charge in [0.1, 0.15) is 12.2 Å². The number of nitrogens with one attached hydrogen (secondary N) is 2. The Bertz CT molecular complexity index is 862. The van der Waals surface area contributed by atoms with Crippen LogP contribution >= 0.6 is 0 Å². The number of nitrogens with zero attached hydrogens (tertiary/aromatic N) is 1.